The molecular formula is C25H32FN5O4S2. The third-order valence-electron chi connectivity index (χ3n) is 6.39. The molecule has 4 aromatic rings. The maximum atomic E-state index is 14.2. The van der Waals surface area contributed by atoms with E-state index in [0.717, 1.165) is 53.4 Å². The maximum absolute atomic E-state index is 14.2. The second-order valence-electron chi connectivity index (χ2n) is 9.09. The van der Waals surface area contributed by atoms with Crippen LogP contribution in [0.5, 0.6) is 5.19 Å². The summed E-state index contributed by atoms with van der Waals surface area (Å²) < 4.78 is 25.9. The Morgan fingerprint density at radius 2 is 1.84 bits per heavy atom. The monoisotopic (exact) mass is 549 g/mol. The predicted molar refractivity (Wildman–Crippen MR) is 145 cm³/mol. The standard InChI is InChI=1S/C25H28FN5O2S2.2H2O/c1-14(2)22-29-24(33-30-22)31-11-9-16(10-12-31)15(3)32-25-28-20-7-6-19(27-23(20)35-25)17-5-8-21(34-4)18(26)13-17;;/h5-8,13-16H,9-12H2,1-4H3;2*1H2. The number of fused-ring (bicyclic) bond motifs is 1. The molecule has 1 atom stereocenters. The van der Waals surface area contributed by atoms with E-state index in [1.807, 2.05) is 24.5 Å². The zero-order valence-electron chi connectivity index (χ0n) is 21.2. The summed E-state index contributed by atoms with van der Waals surface area (Å²) in [6.07, 6.45) is 3.85. The number of thiazole rings is 1. The lowest BCUT2D eigenvalue weighted by atomic mass is 9.92. The third-order valence-corrected chi connectivity index (χ3v) is 8.02. The Bertz CT molecular complexity index is 1320. The van der Waals surface area contributed by atoms with Gasteiger partial charge in [-0.25, -0.2) is 14.4 Å². The molecule has 0 spiro atoms. The van der Waals surface area contributed by atoms with E-state index in [0.29, 0.717) is 22.0 Å². The van der Waals surface area contributed by atoms with E-state index in [1.54, 1.807) is 6.07 Å². The SMILES string of the molecule is CSc1ccc(-c2ccc3nc(OC(C)C4CCN(c5nc(C(C)C)no5)CC4)sc3n2)cc1F.O.O. The van der Waals surface area contributed by atoms with Crippen molar-refractivity contribution in [3.05, 3.63) is 42.0 Å². The van der Waals surface area contributed by atoms with Gasteiger partial charge in [0.15, 0.2) is 5.82 Å². The summed E-state index contributed by atoms with van der Waals surface area (Å²) in [6.45, 7) is 7.93. The zero-order chi connectivity index (χ0) is 24.5. The fraction of sp³-hybridized carbons (Fsp3) is 0.440. The Hall–Kier alpha value is -2.80. The lowest BCUT2D eigenvalue weighted by Crippen LogP contribution is -2.38. The Labute approximate surface area is 223 Å². The van der Waals surface area contributed by atoms with E-state index in [2.05, 4.69) is 40.8 Å². The number of aromatic nitrogens is 4. The average molecular weight is 550 g/mol. The van der Waals surface area contributed by atoms with E-state index in [-0.39, 0.29) is 28.8 Å². The first kappa shape index (κ1) is 28.8. The van der Waals surface area contributed by atoms with Gasteiger partial charge in [0.25, 0.3) is 5.19 Å². The van der Waals surface area contributed by atoms with Crippen LogP contribution in [0.2, 0.25) is 0 Å². The largest absolute Gasteiger partial charge is 0.467 e. The van der Waals surface area contributed by atoms with Crippen LogP contribution in [-0.2, 0) is 0 Å². The highest BCUT2D eigenvalue weighted by Gasteiger charge is 2.28. The number of hydrogen-bond acceptors (Lipinski definition) is 9. The molecule has 4 heterocycles. The second kappa shape index (κ2) is 12.2. The Morgan fingerprint density at radius 3 is 2.49 bits per heavy atom. The Kier molecular flexibility index (Phi) is 9.46. The third kappa shape index (κ3) is 6.20. The molecule has 5 rings (SSSR count). The van der Waals surface area contributed by atoms with Gasteiger partial charge in [-0.15, -0.1) is 11.8 Å². The number of ether oxygens (including phenoxy) is 1. The van der Waals surface area contributed by atoms with Crippen molar-refractivity contribution < 1.29 is 24.6 Å². The van der Waals surface area contributed by atoms with Gasteiger partial charge in [-0.1, -0.05) is 36.4 Å². The molecule has 12 heteroatoms. The molecule has 37 heavy (non-hydrogen) atoms. The molecule has 1 aliphatic rings. The van der Waals surface area contributed by atoms with E-state index >= 15 is 0 Å². The number of thioether (sulfide) groups is 1. The maximum Gasteiger partial charge on any atom is 0.324 e. The summed E-state index contributed by atoms with van der Waals surface area (Å²) >= 11 is 2.82. The summed E-state index contributed by atoms with van der Waals surface area (Å²) in [6, 6.07) is 9.62. The summed E-state index contributed by atoms with van der Waals surface area (Å²) in [4.78, 5) is 17.4. The molecular weight excluding hydrogens is 517 g/mol. The molecule has 1 unspecified atom stereocenters. The molecule has 0 saturated carbocycles. The van der Waals surface area contributed by atoms with Crippen LogP contribution in [0.3, 0.4) is 0 Å². The summed E-state index contributed by atoms with van der Waals surface area (Å²) in [5, 5.41) is 4.69. The van der Waals surface area contributed by atoms with Gasteiger partial charge in [-0.2, -0.15) is 4.98 Å². The number of benzene rings is 1. The number of hydrogen-bond donors (Lipinski definition) is 0. The molecule has 1 saturated heterocycles. The van der Waals surface area contributed by atoms with E-state index in [4.69, 9.17) is 14.2 Å². The Morgan fingerprint density at radius 1 is 1.08 bits per heavy atom. The molecule has 1 aromatic carbocycles. The first-order valence-electron chi connectivity index (χ1n) is 11.8. The molecule has 0 bridgehead atoms. The van der Waals surface area contributed by atoms with Crippen molar-refractivity contribution in [1.29, 1.82) is 0 Å². The van der Waals surface area contributed by atoms with Crippen molar-refractivity contribution in [2.75, 3.05) is 24.2 Å². The molecule has 1 fully saturated rings. The van der Waals surface area contributed by atoms with Crippen LogP contribution in [0.4, 0.5) is 10.4 Å². The summed E-state index contributed by atoms with van der Waals surface area (Å²) in [5.41, 5.74) is 2.26. The first-order chi connectivity index (χ1) is 16.9. The van der Waals surface area contributed by atoms with Gasteiger partial charge in [0.1, 0.15) is 22.3 Å². The van der Waals surface area contributed by atoms with E-state index < -0.39 is 0 Å². The molecule has 0 radical (unpaired) electrons. The molecule has 4 N–H and O–H groups in total. The number of halogens is 1. The smallest absolute Gasteiger partial charge is 0.324 e. The minimum atomic E-state index is -0.232. The topological polar surface area (TPSA) is 140 Å². The van der Waals surface area contributed by atoms with E-state index in [9.17, 15) is 4.39 Å². The fourth-order valence-corrected chi connectivity index (χ4v) is 5.57. The lowest BCUT2D eigenvalue weighted by Gasteiger charge is -2.33. The van der Waals surface area contributed by atoms with Crippen molar-refractivity contribution in [3.63, 3.8) is 0 Å². The first-order valence-corrected chi connectivity index (χ1v) is 13.8. The van der Waals surface area contributed by atoms with Crippen LogP contribution in [0.25, 0.3) is 21.6 Å². The van der Waals surface area contributed by atoms with Crippen LogP contribution >= 0.6 is 23.1 Å². The van der Waals surface area contributed by atoms with Gasteiger partial charge in [0.05, 0.1) is 5.69 Å². The highest BCUT2D eigenvalue weighted by Crippen LogP contribution is 2.33. The Balaban J connectivity index is 0.00000190. The van der Waals surface area contributed by atoms with Gasteiger partial charge in [0, 0.05) is 29.5 Å². The lowest BCUT2D eigenvalue weighted by molar-refractivity contribution is 0.131. The van der Waals surface area contributed by atoms with Crippen molar-refractivity contribution >= 4 is 39.5 Å². The number of anilines is 1. The molecule has 200 valence electrons. The predicted octanol–water partition coefficient (Wildman–Crippen LogP) is 4.76. The number of pyridine rings is 1. The molecule has 3 aromatic heterocycles. The van der Waals surface area contributed by atoms with Gasteiger partial charge in [-0.05, 0) is 56.2 Å². The van der Waals surface area contributed by atoms with Crippen molar-refractivity contribution in [3.8, 4) is 16.5 Å². The van der Waals surface area contributed by atoms with Gasteiger partial charge in [0.2, 0.25) is 0 Å². The molecule has 1 aliphatic heterocycles. The number of piperidine rings is 1. The fourth-order valence-electron chi connectivity index (χ4n) is 4.24. The van der Waals surface area contributed by atoms with Gasteiger partial charge >= 0.3 is 6.01 Å². The highest BCUT2D eigenvalue weighted by molar-refractivity contribution is 7.98. The van der Waals surface area contributed by atoms with Gasteiger partial charge in [-0.3, -0.25) is 0 Å². The van der Waals surface area contributed by atoms with Crippen LogP contribution in [0, 0.1) is 11.7 Å². The highest BCUT2D eigenvalue weighted by atomic mass is 32.2. The van der Waals surface area contributed by atoms with Crippen LogP contribution < -0.4 is 9.64 Å². The van der Waals surface area contributed by atoms with E-state index in [1.165, 1.54) is 29.2 Å². The van der Waals surface area contributed by atoms with Crippen molar-refractivity contribution in [2.24, 2.45) is 5.92 Å². The summed E-state index contributed by atoms with van der Waals surface area (Å²) in [7, 11) is 0. The second-order valence-corrected chi connectivity index (χ2v) is 10.9. The minimum absolute atomic E-state index is 0. The number of rotatable bonds is 7. The van der Waals surface area contributed by atoms with Gasteiger partial charge < -0.3 is 25.1 Å². The average Bonchev–Trinajstić information content (AvgIpc) is 3.51. The number of nitrogens with zero attached hydrogens (tertiary/aromatic N) is 5. The van der Waals surface area contributed by atoms with Crippen LogP contribution in [0.15, 0.2) is 39.8 Å². The summed E-state index contributed by atoms with van der Waals surface area (Å²) in [5.74, 6) is 1.17. The molecule has 9 nitrogen and oxygen atoms in total. The normalized spacial score (nSPS) is 14.9. The van der Waals surface area contributed by atoms with Crippen molar-refractivity contribution in [2.45, 2.75) is 50.5 Å². The zero-order valence-corrected chi connectivity index (χ0v) is 22.8. The minimum Gasteiger partial charge on any atom is -0.467 e. The quantitative estimate of drug-likeness (QED) is 0.301. The van der Waals surface area contributed by atoms with Crippen molar-refractivity contribution in [1.82, 2.24) is 20.1 Å². The molecule has 0 aliphatic carbocycles. The van der Waals surface area contributed by atoms with Crippen LogP contribution in [0.1, 0.15) is 45.4 Å². The molecule has 0 amide bonds. The van der Waals surface area contributed by atoms with Crippen LogP contribution in [-0.4, -0.2) is 56.5 Å².